The number of aliphatic carboxylic acids is 1. The molecular formula is C28H33F6NO6. The number of hydrogen-bond acceptors (Lipinski definition) is 5. The summed E-state index contributed by atoms with van der Waals surface area (Å²) >= 11 is 0. The zero-order valence-corrected chi connectivity index (χ0v) is 22.5. The molecule has 0 aromatic heterocycles. The Balaban J connectivity index is 1.94. The van der Waals surface area contributed by atoms with Crippen LogP contribution in [0, 0.1) is 0 Å². The Hall–Kier alpha value is -3.48. The number of nitrogens with zero attached hydrogens (tertiary/aromatic N) is 1. The van der Waals surface area contributed by atoms with E-state index >= 15 is 0 Å². The molecule has 1 amide bonds. The average Bonchev–Trinajstić information content (AvgIpc) is 2.89. The van der Waals surface area contributed by atoms with Gasteiger partial charge in [-0.2, -0.15) is 26.3 Å². The van der Waals surface area contributed by atoms with Gasteiger partial charge in [0.05, 0.1) is 12.1 Å². The van der Waals surface area contributed by atoms with E-state index in [0.717, 1.165) is 24.3 Å². The van der Waals surface area contributed by atoms with Crippen molar-refractivity contribution in [2.24, 2.45) is 0 Å². The number of alkyl halides is 6. The molecule has 228 valence electrons. The van der Waals surface area contributed by atoms with Crippen LogP contribution in [-0.4, -0.2) is 60.7 Å². The minimum absolute atomic E-state index is 0.0201. The lowest BCUT2D eigenvalue weighted by molar-refractivity contribution is -0.150. The van der Waals surface area contributed by atoms with Crippen molar-refractivity contribution in [3.63, 3.8) is 0 Å². The van der Waals surface area contributed by atoms with E-state index in [9.17, 15) is 41.0 Å². The monoisotopic (exact) mass is 593 g/mol. The van der Waals surface area contributed by atoms with Crippen LogP contribution in [-0.2, 0) is 22.1 Å². The first kappa shape index (κ1) is 33.7. The second-order valence-electron chi connectivity index (χ2n) is 9.14. The van der Waals surface area contributed by atoms with E-state index in [1.165, 1.54) is 4.90 Å². The molecule has 1 atom stereocenters. The van der Waals surface area contributed by atoms with Gasteiger partial charge in [-0.1, -0.05) is 25.0 Å². The molecule has 41 heavy (non-hydrogen) atoms. The zero-order chi connectivity index (χ0) is 30.5. The predicted octanol–water partition coefficient (Wildman–Crippen LogP) is 7.13. The van der Waals surface area contributed by atoms with E-state index in [1.807, 2.05) is 0 Å². The van der Waals surface area contributed by atoms with Crippen LogP contribution in [0.5, 0.6) is 11.5 Å². The molecule has 0 spiro atoms. The molecule has 0 radical (unpaired) electrons. The molecule has 0 aliphatic carbocycles. The molecule has 1 unspecified atom stereocenters. The van der Waals surface area contributed by atoms with Gasteiger partial charge in [0.2, 0.25) is 0 Å². The summed E-state index contributed by atoms with van der Waals surface area (Å²) in [4.78, 5) is 25.3. The van der Waals surface area contributed by atoms with E-state index in [0.29, 0.717) is 30.6 Å². The van der Waals surface area contributed by atoms with Gasteiger partial charge in [0.15, 0.2) is 6.10 Å². The van der Waals surface area contributed by atoms with Gasteiger partial charge in [-0.15, -0.1) is 0 Å². The van der Waals surface area contributed by atoms with Crippen molar-refractivity contribution in [2.75, 3.05) is 26.3 Å². The summed E-state index contributed by atoms with van der Waals surface area (Å²) in [5, 5.41) is 9.22. The highest BCUT2D eigenvalue weighted by molar-refractivity contribution is 5.72. The largest absolute Gasteiger partial charge is 0.492 e. The van der Waals surface area contributed by atoms with Crippen LogP contribution in [0.15, 0.2) is 48.5 Å². The van der Waals surface area contributed by atoms with E-state index < -0.39 is 42.5 Å². The van der Waals surface area contributed by atoms with Gasteiger partial charge in [-0.05, 0) is 61.7 Å². The fourth-order valence-electron chi connectivity index (χ4n) is 3.78. The quantitative estimate of drug-likeness (QED) is 0.165. The molecule has 0 bridgehead atoms. The topological polar surface area (TPSA) is 85.3 Å². The van der Waals surface area contributed by atoms with Gasteiger partial charge >= 0.3 is 24.4 Å². The number of amides is 1. The van der Waals surface area contributed by atoms with E-state index in [-0.39, 0.29) is 44.9 Å². The molecule has 13 heteroatoms. The molecular weight excluding hydrogens is 560 g/mol. The van der Waals surface area contributed by atoms with Crippen LogP contribution in [0.3, 0.4) is 0 Å². The molecule has 2 rings (SSSR count). The summed E-state index contributed by atoms with van der Waals surface area (Å²) in [6.07, 6.45) is -10.2. The van der Waals surface area contributed by atoms with Gasteiger partial charge in [0.25, 0.3) is 0 Å². The lowest BCUT2D eigenvalue weighted by Crippen LogP contribution is -2.37. The second-order valence-corrected chi connectivity index (χ2v) is 9.14. The van der Waals surface area contributed by atoms with Crippen LogP contribution < -0.4 is 9.47 Å². The summed E-state index contributed by atoms with van der Waals surface area (Å²) < 4.78 is 91.5. The number of carbonyl (C=O) groups excluding carboxylic acids is 1. The molecule has 0 fully saturated rings. The molecule has 1 N–H and O–H groups in total. The fourth-order valence-corrected chi connectivity index (χ4v) is 3.78. The Bertz CT molecular complexity index is 1070. The van der Waals surface area contributed by atoms with Crippen molar-refractivity contribution in [3.05, 3.63) is 59.7 Å². The maximum absolute atomic E-state index is 12.8. The molecule has 2 aromatic rings. The first-order valence-electron chi connectivity index (χ1n) is 13.1. The highest BCUT2D eigenvalue weighted by atomic mass is 19.4. The summed E-state index contributed by atoms with van der Waals surface area (Å²) in [6, 6.07) is 10.2. The van der Waals surface area contributed by atoms with E-state index in [1.54, 1.807) is 31.2 Å². The molecule has 0 aliphatic heterocycles. The minimum Gasteiger partial charge on any atom is -0.492 e. The highest BCUT2D eigenvalue weighted by Gasteiger charge is 2.30. The lowest BCUT2D eigenvalue weighted by Gasteiger charge is -2.22. The normalized spacial score (nSPS) is 12.6. The number of carboxylic acid groups (broad SMARTS) is 1. The molecule has 0 heterocycles. The summed E-state index contributed by atoms with van der Waals surface area (Å²) in [5.74, 6) is -0.725. The summed E-state index contributed by atoms with van der Waals surface area (Å²) in [5.41, 5.74) is -0.186. The maximum Gasteiger partial charge on any atom is 0.416 e. The number of hydrogen-bond donors (Lipinski definition) is 1. The number of benzene rings is 2. The summed E-state index contributed by atoms with van der Waals surface area (Å²) in [6.45, 7) is 2.15. The van der Waals surface area contributed by atoms with Crippen molar-refractivity contribution in [1.82, 2.24) is 4.90 Å². The van der Waals surface area contributed by atoms with Gasteiger partial charge in [-0.25, -0.2) is 9.59 Å². The first-order valence-corrected chi connectivity index (χ1v) is 13.1. The number of carbonyl (C=O) groups is 2. The Morgan fingerprint density at radius 2 is 1.46 bits per heavy atom. The number of ether oxygens (including phenoxy) is 3. The average molecular weight is 594 g/mol. The van der Waals surface area contributed by atoms with Gasteiger partial charge < -0.3 is 24.2 Å². The Labute approximate surface area is 234 Å². The lowest BCUT2D eigenvalue weighted by atomic mass is 10.1. The van der Waals surface area contributed by atoms with Crippen LogP contribution in [0.25, 0.3) is 0 Å². The Morgan fingerprint density at radius 3 is 2.02 bits per heavy atom. The highest BCUT2D eigenvalue weighted by Crippen LogP contribution is 2.30. The third-order valence-electron chi connectivity index (χ3n) is 5.90. The predicted molar refractivity (Wildman–Crippen MR) is 137 cm³/mol. The summed E-state index contributed by atoms with van der Waals surface area (Å²) in [7, 11) is 0. The van der Waals surface area contributed by atoms with E-state index in [2.05, 4.69) is 0 Å². The van der Waals surface area contributed by atoms with E-state index in [4.69, 9.17) is 14.2 Å². The SMILES string of the molecule is CCOC(Cc1ccc(OCCN(CCCCCCC(F)(F)F)C(=O)Oc2ccc(C(F)(F)F)cc2)cc1)C(=O)O. The van der Waals surface area contributed by atoms with Crippen molar-refractivity contribution in [2.45, 2.75) is 63.9 Å². The molecule has 7 nitrogen and oxygen atoms in total. The molecule has 0 saturated carbocycles. The third kappa shape index (κ3) is 13.2. The van der Waals surface area contributed by atoms with Crippen molar-refractivity contribution in [1.29, 1.82) is 0 Å². The Kier molecular flexibility index (Phi) is 13.2. The van der Waals surface area contributed by atoms with Gasteiger partial charge in [0, 0.05) is 26.0 Å². The molecule has 0 saturated heterocycles. The van der Waals surface area contributed by atoms with Gasteiger partial charge in [-0.3, -0.25) is 0 Å². The number of halogens is 6. The van der Waals surface area contributed by atoms with Crippen molar-refractivity contribution >= 4 is 12.1 Å². The standard InChI is InChI=1S/C28H33F6NO6/c1-2-39-24(25(36)37)19-20-7-11-22(12-8-20)40-18-17-35(16-6-4-3-5-15-27(29,30)31)26(38)41-23-13-9-21(10-14-23)28(32,33)34/h7-14,24H,2-6,15-19H2,1H3,(H,36,37). The first-order chi connectivity index (χ1) is 19.3. The van der Waals surface area contributed by atoms with Crippen molar-refractivity contribution < 1.29 is 55.2 Å². The van der Waals surface area contributed by atoms with Crippen LogP contribution in [0.2, 0.25) is 0 Å². The molecule has 0 aliphatic rings. The molecule has 2 aromatic carbocycles. The van der Waals surface area contributed by atoms with Crippen LogP contribution in [0.4, 0.5) is 31.1 Å². The van der Waals surface area contributed by atoms with Gasteiger partial charge in [0.1, 0.15) is 18.1 Å². The van der Waals surface area contributed by atoms with Crippen LogP contribution >= 0.6 is 0 Å². The van der Waals surface area contributed by atoms with Crippen molar-refractivity contribution in [3.8, 4) is 11.5 Å². The second kappa shape index (κ2) is 16.1. The number of rotatable bonds is 16. The Morgan fingerprint density at radius 1 is 0.854 bits per heavy atom. The minimum atomic E-state index is -4.54. The van der Waals surface area contributed by atoms with Crippen LogP contribution in [0.1, 0.15) is 50.2 Å². The number of carboxylic acids is 1. The zero-order valence-electron chi connectivity index (χ0n) is 22.5. The fraction of sp³-hybridized carbons (Fsp3) is 0.500. The maximum atomic E-state index is 12.8. The smallest absolute Gasteiger partial charge is 0.416 e. The number of unbranched alkanes of at least 4 members (excludes halogenated alkanes) is 3. The third-order valence-corrected chi connectivity index (χ3v) is 5.90.